The summed E-state index contributed by atoms with van der Waals surface area (Å²) in [5, 5.41) is 9.69. The minimum atomic E-state index is -4.26. The predicted molar refractivity (Wildman–Crippen MR) is 156 cm³/mol. The number of nitrogens with zero attached hydrogens (tertiary/aromatic N) is 2. The van der Waals surface area contributed by atoms with Crippen LogP contribution in [0.3, 0.4) is 0 Å². The number of ether oxygens (including phenoxy) is 1. The highest BCUT2D eigenvalue weighted by Crippen LogP contribution is 2.35. The molecule has 0 aromatic carbocycles. The largest absolute Gasteiger partial charge is 0.469 e. The molecular formula is C28H64N2O6P+. The highest BCUT2D eigenvalue weighted by molar-refractivity contribution is 7.46. The average Bonchev–Trinajstić information content (AvgIpc) is 2.77. The first kappa shape index (κ1) is 39.1. The van der Waals surface area contributed by atoms with Crippen LogP contribution in [0, 0.1) is 0 Å². The Bertz CT molecular complexity index is 513. The normalized spacial score (nSPS) is 13.0. The van der Waals surface area contributed by atoms with Crippen LogP contribution in [-0.4, -0.2) is 98.5 Å². The minimum absolute atomic E-state index is 0.0772. The fourth-order valence-corrected chi connectivity index (χ4v) is 4.38. The van der Waals surface area contributed by atoms with Crippen molar-refractivity contribution in [2.75, 3.05) is 68.1 Å². The summed E-state index contributed by atoms with van der Waals surface area (Å²) in [5.74, 6) is 0. The van der Waals surface area contributed by atoms with E-state index in [2.05, 4.69) is 23.4 Å². The van der Waals surface area contributed by atoms with Crippen LogP contribution in [0.15, 0.2) is 0 Å². The maximum absolute atomic E-state index is 10.2. The van der Waals surface area contributed by atoms with Crippen molar-refractivity contribution < 1.29 is 33.2 Å². The van der Waals surface area contributed by atoms with Crippen LogP contribution in [0.5, 0.6) is 0 Å². The summed E-state index contributed by atoms with van der Waals surface area (Å²) in [6.45, 7) is 5.17. The Balaban J connectivity index is 0. The lowest BCUT2D eigenvalue weighted by Gasteiger charge is -2.23. The highest BCUT2D eigenvalue weighted by Gasteiger charge is 2.16. The Morgan fingerprint density at radius 1 is 0.784 bits per heavy atom. The number of unbranched alkanes of at least 4 members (excludes halogenated alkanes) is 15. The van der Waals surface area contributed by atoms with Crippen LogP contribution in [-0.2, 0) is 13.8 Å². The third-order valence-electron chi connectivity index (χ3n) is 6.30. The van der Waals surface area contributed by atoms with Crippen molar-refractivity contribution in [2.24, 2.45) is 0 Å². The Morgan fingerprint density at radius 3 is 1.54 bits per heavy atom. The van der Waals surface area contributed by atoms with E-state index in [4.69, 9.17) is 14.5 Å². The summed E-state index contributed by atoms with van der Waals surface area (Å²) >= 11 is 0. The second-order valence-electron chi connectivity index (χ2n) is 11.5. The topological polar surface area (TPSA) is 99.5 Å². The van der Waals surface area contributed by atoms with E-state index in [-0.39, 0.29) is 12.7 Å². The summed E-state index contributed by atoms with van der Waals surface area (Å²) in [7, 11) is 5.22. The smallest absolute Gasteiger partial charge is 0.389 e. The second-order valence-corrected chi connectivity index (χ2v) is 12.8. The number of quaternary nitrogens is 1. The standard InChI is InChI=1S/C23H49NO2.C5H14NO4P/c1-4-5-6-7-8-9-10-11-12-13-14-15-16-17-18-19-20-24(2)21-23(25)22-26-3;1-6(2,3)4-5-10-11(7,8)9/h23,25H,4-22H2,1-3H3;4-5H2,1-3H3,(H-,7,8,9)/p+1. The van der Waals surface area contributed by atoms with Gasteiger partial charge in [0.05, 0.1) is 33.9 Å². The van der Waals surface area contributed by atoms with Crippen molar-refractivity contribution >= 4 is 7.82 Å². The lowest BCUT2D eigenvalue weighted by Crippen LogP contribution is -2.37. The molecule has 0 amide bonds. The molecule has 0 spiro atoms. The van der Waals surface area contributed by atoms with Gasteiger partial charge in [-0.05, 0) is 20.0 Å². The summed E-state index contributed by atoms with van der Waals surface area (Å²) in [5.41, 5.74) is 0. The van der Waals surface area contributed by atoms with Crippen LogP contribution >= 0.6 is 7.82 Å². The zero-order chi connectivity index (χ0) is 28.4. The van der Waals surface area contributed by atoms with Gasteiger partial charge in [-0.25, -0.2) is 4.57 Å². The second kappa shape index (κ2) is 26.2. The first-order chi connectivity index (χ1) is 17.4. The number of phosphoric ester groups is 1. The third kappa shape index (κ3) is 38.2. The molecule has 1 unspecified atom stereocenters. The van der Waals surface area contributed by atoms with Crippen LogP contribution in [0.1, 0.15) is 110 Å². The first-order valence-electron chi connectivity index (χ1n) is 14.8. The monoisotopic (exact) mass is 555 g/mol. The molecule has 0 fully saturated rings. The molecule has 8 nitrogen and oxygen atoms in total. The van der Waals surface area contributed by atoms with E-state index < -0.39 is 7.82 Å². The summed E-state index contributed by atoms with van der Waals surface area (Å²) in [6.07, 6.45) is 22.2. The number of hydrogen-bond donors (Lipinski definition) is 3. The van der Waals surface area contributed by atoms with Gasteiger partial charge in [-0.15, -0.1) is 0 Å². The fraction of sp³-hybridized carbons (Fsp3) is 1.00. The molecule has 0 aliphatic rings. The average molecular weight is 556 g/mol. The quantitative estimate of drug-likeness (QED) is 0.0723. The van der Waals surface area contributed by atoms with E-state index in [1.165, 1.54) is 103 Å². The molecule has 0 rings (SSSR count). The summed E-state index contributed by atoms with van der Waals surface area (Å²) in [4.78, 5) is 18.8. The number of methoxy groups -OCH3 is 1. The van der Waals surface area contributed by atoms with Crippen molar-refractivity contribution in [3.05, 3.63) is 0 Å². The van der Waals surface area contributed by atoms with E-state index in [1.807, 2.05) is 21.1 Å². The van der Waals surface area contributed by atoms with Crippen LogP contribution in [0.4, 0.5) is 0 Å². The molecule has 0 aromatic heterocycles. The zero-order valence-electron chi connectivity index (χ0n) is 25.3. The van der Waals surface area contributed by atoms with Crippen LogP contribution in [0.2, 0.25) is 0 Å². The molecule has 0 aliphatic heterocycles. The molecule has 0 aliphatic carbocycles. The van der Waals surface area contributed by atoms with Crippen molar-refractivity contribution in [1.29, 1.82) is 0 Å². The molecule has 9 heteroatoms. The number of aliphatic hydroxyl groups is 1. The zero-order valence-corrected chi connectivity index (χ0v) is 26.2. The number of aliphatic hydroxyl groups excluding tert-OH is 1. The Kier molecular flexibility index (Phi) is 27.7. The number of hydrogen-bond acceptors (Lipinski definition) is 5. The van der Waals surface area contributed by atoms with Crippen molar-refractivity contribution in [3.8, 4) is 0 Å². The third-order valence-corrected chi connectivity index (χ3v) is 6.82. The molecule has 37 heavy (non-hydrogen) atoms. The summed E-state index contributed by atoms with van der Waals surface area (Å²) < 4.78 is 20.0. The van der Waals surface area contributed by atoms with Gasteiger partial charge in [0, 0.05) is 13.7 Å². The SMILES string of the molecule is CCCCCCCCCCCCCCCCCCN(C)CC(O)COC.C[N+](C)(C)CCOP(=O)(O)O. The Hall–Kier alpha value is -0.0500. The molecule has 0 saturated heterocycles. The van der Waals surface area contributed by atoms with Gasteiger partial charge in [0.25, 0.3) is 0 Å². The molecule has 0 heterocycles. The van der Waals surface area contributed by atoms with Gasteiger partial charge in [0.1, 0.15) is 13.2 Å². The van der Waals surface area contributed by atoms with Gasteiger partial charge < -0.3 is 29.0 Å². The molecule has 0 radical (unpaired) electrons. The van der Waals surface area contributed by atoms with Gasteiger partial charge in [0.2, 0.25) is 0 Å². The fourth-order valence-electron chi connectivity index (χ4n) is 4.06. The van der Waals surface area contributed by atoms with Gasteiger partial charge in [-0.1, -0.05) is 103 Å². The molecular weight excluding hydrogens is 491 g/mol. The highest BCUT2D eigenvalue weighted by atomic mass is 31.2. The molecule has 0 aromatic rings. The lowest BCUT2D eigenvalue weighted by atomic mass is 10.0. The van der Waals surface area contributed by atoms with Crippen LogP contribution in [0.25, 0.3) is 0 Å². The van der Waals surface area contributed by atoms with Gasteiger partial charge in [-0.2, -0.15) is 0 Å². The maximum atomic E-state index is 10.2. The van der Waals surface area contributed by atoms with E-state index in [0.29, 0.717) is 24.2 Å². The van der Waals surface area contributed by atoms with Gasteiger partial charge in [0.15, 0.2) is 0 Å². The Morgan fingerprint density at radius 2 is 1.19 bits per heavy atom. The van der Waals surface area contributed by atoms with Crippen molar-refractivity contribution in [3.63, 3.8) is 0 Å². The molecule has 226 valence electrons. The minimum Gasteiger partial charge on any atom is -0.389 e. The lowest BCUT2D eigenvalue weighted by molar-refractivity contribution is -0.870. The van der Waals surface area contributed by atoms with E-state index >= 15 is 0 Å². The molecule has 3 N–H and O–H groups in total. The predicted octanol–water partition coefficient (Wildman–Crippen LogP) is 5.99. The van der Waals surface area contributed by atoms with E-state index in [9.17, 15) is 9.67 Å². The molecule has 1 atom stereocenters. The first-order valence-corrected chi connectivity index (χ1v) is 16.3. The number of phosphoric acid groups is 1. The van der Waals surface area contributed by atoms with Crippen molar-refractivity contribution in [2.45, 2.75) is 116 Å². The van der Waals surface area contributed by atoms with Gasteiger partial charge >= 0.3 is 7.82 Å². The molecule has 0 saturated carbocycles. The number of rotatable bonds is 25. The Labute approximate surface area is 229 Å². The molecule has 0 bridgehead atoms. The van der Waals surface area contributed by atoms with E-state index in [0.717, 1.165) is 6.54 Å². The van der Waals surface area contributed by atoms with Gasteiger partial charge in [-0.3, -0.25) is 4.52 Å². The van der Waals surface area contributed by atoms with E-state index in [1.54, 1.807) is 7.11 Å². The number of likely N-dealkylation sites (N-methyl/N-ethyl adjacent to an activating group) is 2. The van der Waals surface area contributed by atoms with Crippen LogP contribution < -0.4 is 0 Å². The maximum Gasteiger partial charge on any atom is 0.469 e. The van der Waals surface area contributed by atoms with Crippen molar-refractivity contribution in [1.82, 2.24) is 4.90 Å². The summed E-state index contributed by atoms with van der Waals surface area (Å²) in [6, 6.07) is 0.